The molecule has 0 aromatic heterocycles. The number of hydrogen-bond donors (Lipinski definition) is 0. The van der Waals surface area contributed by atoms with Gasteiger partial charge in [-0.05, 0) is 37.3 Å². The van der Waals surface area contributed by atoms with Gasteiger partial charge < -0.3 is 0 Å². The van der Waals surface area contributed by atoms with E-state index < -0.39 is 0 Å². The summed E-state index contributed by atoms with van der Waals surface area (Å²) in [6, 6.07) is 10.5. The average Bonchev–Trinajstić information content (AvgIpc) is 2.87. The third-order valence-corrected chi connectivity index (χ3v) is 4.87. The fourth-order valence-corrected chi connectivity index (χ4v) is 3.83. The van der Waals surface area contributed by atoms with Gasteiger partial charge in [0.25, 0.3) is 0 Å². The Balaban J connectivity index is 2.02. The Labute approximate surface area is 115 Å². The number of benzene rings is 1. The minimum atomic E-state index is -0.315. The van der Waals surface area contributed by atoms with E-state index in [9.17, 15) is 4.79 Å². The summed E-state index contributed by atoms with van der Waals surface area (Å²) < 4.78 is 0. The molecule has 0 radical (unpaired) electrons. The zero-order chi connectivity index (χ0) is 13.3. The smallest absolute Gasteiger partial charge is 0.157 e. The average molecular weight is 257 g/mol. The van der Waals surface area contributed by atoms with Crippen LogP contribution in [0.25, 0.3) is 0 Å². The highest BCUT2D eigenvalue weighted by Crippen LogP contribution is 2.42. The van der Waals surface area contributed by atoms with Crippen molar-refractivity contribution >= 4 is 5.78 Å². The molecule has 2 aliphatic rings. The second-order valence-electron chi connectivity index (χ2n) is 6.20. The molecule has 2 nitrogen and oxygen atoms in total. The molecule has 1 saturated carbocycles. The van der Waals surface area contributed by atoms with E-state index in [0.717, 1.165) is 38.3 Å². The molecule has 2 fully saturated rings. The number of carbonyl (C=O) groups excluding carboxylic acids is 1. The maximum absolute atomic E-state index is 12.8. The molecule has 0 N–H and O–H groups in total. The molecular formula is C17H23NO. The number of hydrogen-bond acceptors (Lipinski definition) is 2. The van der Waals surface area contributed by atoms with E-state index in [4.69, 9.17) is 0 Å². The molecule has 3 rings (SSSR count). The first-order valence-electron chi connectivity index (χ1n) is 7.57. The van der Waals surface area contributed by atoms with Crippen molar-refractivity contribution in [2.24, 2.45) is 5.92 Å². The van der Waals surface area contributed by atoms with E-state index in [1.165, 1.54) is 18.4 Å². The van der Waals surface area contributed by atoms with Crippen LogP contribution in [0.3, 0.4) is 0 Å². The highest BCUT2D eigenvalue weighted by Gasteiger charge is 2.47. The van der Waals surface area contributed by atoms with Crippen molar-refractivity contribution in [3.05, 3.63) is 35.9 Å². The largest absolute Gasteiger partial charge is 0.297 e. The molecule has 0 amide bonds. The van der Waals surface area contributed by atoms with E-state index in [1.807, 2.05) is 6.07 Å². The minimum Gasteiger partial charge on any atom is -0.297 e. The number of rotatable bonds is 2. The van der Waals surface area contributed by atoms with Gasteiger partial charge in [0, 0.05) is 13.0 Å². The van der Waals surface area contributed by atoms with Crippen LogP contribution in [-0.2, 0) is 10.3 Å². The number of likely N-dealkylation sites (tertiary alicyclic amines) is 1. The fourth-order valence-electron chi connectivity index (χ4n) is 3.83. The van der Waals surface area contributed by atoms with E-state index in [2.05, 4.69) is 36.1 Å². The maximum atomic E-state index is 12.8. The van der Waals surface area contributed by atoms with Crippen molar-refractivity contribution in [2.45, 2.75) is 44.6 Å². The number of ketones is 1. The molecule has 0 bridgehead atoms. The molecule has 102 valence electrons. The van der Waals surface area contributed by atoms with Crippen molar-refractivity contribution in [3.8, 4) is 0 Å². The monoisotopic (exact) mass is 257 g/mol. The van der Waals surface area contributed by atoms with Gasteiger partial charge in [-0.3, -0.25) is 9.69 Å². The maximum Gasteiger partial charge on any atom is 0.157 e. The molecule has 1 saturated heterocycles. The van der Waals surface area contributed by atoms with E-state index in [-0.39, 0.29) is 5.54 Å². The fraction of sp³-hybridized carbons (Fsp3) is 0.588. The molecule has 1 aliphatic carbocycles. The standard InChI is InChI=1S/C17H23NO/c1-14-10-12-18(13-14)17(11-6-5-9-16(17)19)15-7-3-2-4-8-15/h2-4,7-8,14H,5-6,9-13H2,1H3. The number of nitrogens with zero attached hydrogens (tertiary/aromatic N) is 1. The Bertz CT molecular complexity index is 456. The van der Waals surface area contributed by atoms with Crippen LogP contribution in [0.5, 0.6) is 0 Å². The summed E-state index contributed by atoms with van der Waals surface area (Å²) in [6.07, 6.45) is 5.21. The van der Waals surface area contributed by atoms with Gasteiger partial charge >= 0.3 is 0 Å². The topological polar surface area (TPSA) is 20.3 Å². The minimum absolute atomic E-state index is 0.315. The molecule has 19 heavy (non-hydrogen) atoms. The van der Waals surface area contributed by atoms with E-state index in [0.29, 0.717) is 5.78 Å². The van der Waals surface area contributed by atoms with Crippen LogP contribution in [0.2, 0.25) is 0 Å². The lowest BCUT2D eigenvalue weighted by Gasteiger charge is -2.43. The Morgan fingerprint density at radius 3 is 2.63 bits per heavy atom. The summed E-state index contributed by atoms with van der Waals surface area (Å²) in [5.74, 6) is 1.16. The molecule has 1 aromatic carbocycles. The van der Waals surface area contributed by atoms with Gasteiger partial charge in [0.1, 0.15) is 5.54 Å². The molecular weight excluding hydrogens is 234 g/mol. The summed E-state index contributed by atoms with van der Waals surface area (Å²) in [5, 5.41) is 0. The predicted molar refractivity (Wildman–Crippen MR) is 76.9 cm³/mol. The molecule has 1 heterocycles. The Hall–Kier alpha value is -1.15. The molecule has 1 aliphatic heterocycles. The Morgan fingerprint density at radius 2 is 2.00 bits per heavy atom. The second kappa shape index (κ2) is 5.09. The quantitative estimate of drug-likeness (QED) is 0.809. The van der Waals surface area contributed by atoms with Crippen LogP contribution in [-0.4, -0.2) is 23.8 Å². The van der Waals surface area contributed by atoms with Gasteiger partial charge in [-0.2, -0.15) is 0 Å². The van der Waals surface area contributed by atoms with E-state index >= 15 is 0 Å². The van der Waals surface area contributed by atoms with Gasteiger partial charge in [0.05, 0.1) is 0 Å². The zero-order valence-electron chi connectivity index (χ0n) is 11.8. The van der Waals surface area contributed by atoms with Gasteiger partial charge in [0.2, 0.25) is 0 Å². The molecule has 0 spiro atoms. The van der Waals surface area contributed by atoms with Gasteiger partial charge in [-0.1, -0.05) is 43.7 Å². The van der Waals surface area contributed by atoms with Crippen LogP contribution in [0.4, 0.5) is 0 Å². The van der Waals surface area contributed by atoms with Crippen molar-refractivity contribution in [3.63, 3.8) is 0 Å². The van der Waals surface area contributed by atoms with Crippen LogP contribution in [0, 0.1) is 5.92 Å². The predicted octanol–water partition coefficient (Wildman–Crippen LogP) is 3.37. The second-order valence-corrected chi connectivity index (χ2v) is 6.20. The van der Waals surface area contributed by atoms with Crippen LogP contribution >= 0.6 is 0 Å². The third kappa shape index (κ3) is 2.12. The normalized spacial score (nSPS) is 32.7. The van der Waals surface area contributed by atoms with Crippen molar-refractivity contribution in [1.82, 2.24) is 4.90 Å². The Morgan fingerprint density at radius 1 is 1.21 bits per heavy atom. The van der Waals surface area contributed by atoms with Gasteiger partial charge in [-0.25, -0.2) is 0 Å². The lowest BCUT2D eigenvalue weighted by Crippen LogP contribution is -2.52. The summed E-state index contributed by atoms with van der Waals surface area (Å²) in [7, 11) is 0. The summed E-state index contributed by atoms with van der Waals surface area (Å²) in [5.41, 5.74) is 0.901. The van der Waals surface area contributed by atoms with Crippen LogP contribution in [0.1, 0.15) is 44.6 Å². The zero-order valence-corrected chi connectivity index (χ0v) is 11.8. The lowest BCUT2D eigenvalue weighted by molar-refractivity contribution is -0.134. The van der Waals surface area contributed by atoms with Crippen molar-refractivity contribution < 1.29 is 4.79 Å². The summed E-state index contributed by atoms with van der Waals surface area (Å²) in [6.45, 7) is 4.44. The molecule has 2 unspecified atom stereocenters. The van der Waals surface area contributed by atoms with Crippen molar-refractivity contribution in [2.75, 3.05) is 13.1 Å². The molecule has 1 aromatic rings. The lowest BCUT2D eigenvalue weighted by atomic mass is 9.74. The first-order valence-corrected chi connectivity index (χ1v) is 7.57. The first kappa shape index (κ1) is 12.9. The first-order chi connectivity index (χ1) is 9.23. The van der Waals surface area contributed by atoms with Crippen LogP contribution in [0.15, 0.2) is 30.3 Å². The molecule has 2 heteroatoms. The number of carbonyl (C=O) groups is 1. The van der Waals surface area contributed by atoms with E-state index in [1.54, 1.807) is 0 Å². The van der Waals surface area contributed by atoms with Gasteiger partial charge in [-0.15, -0.1) is 0 Å². The Kier molecular flexibility index (Phi) is 3.44. The SMILES string of the molecule is CC1CCN(C2(c3ccccc3)CCCCC2=O)C1. The highest BCUT2D eigenvalue weighted by atomic mass is 16.1. The highest BCUT2D eigenvalue weighted by molar-refractivity contribution is 5.90. The molecule has 2 atom stereocenters. The van der Waals surface area contributed by atoms with Gasteiger partial charge in [0.15, 0.2) is 5.78 Å². The van der Waals surface area contributed by atoms with Crippen molar-refractivity contribution in [1.29, 1.82) is 0 Å². The summed E-state index contributed by atoms with van der Waals surface area (Å²) >= 11 is 0. The van der Waals surface area contributed by atoms with Crippen LogP contribution < -0.4 is 0 Å². The summed E-state index contributed by atoms with van der Waals surface area (Å²) in [4.78, 5) is 15.2. The third-order valence-electron chi connectivity index (χ3n) is 4.87. The number of Topliss-reactive ketones (excluding diaryl/α,β-unsaturated/α-hetero) is 1.